The first-order chi connectivity index (χ1) is 10.4. The third kappa shape index (κ3) is 3.44. The maximum absolute atomic E-state index is 11.6. The fourth-order valence-electron chi connectivity index (χ4n) is 1.60. The van der Waals surface area contributed by atoms with Gasteiger partial charge in [-0.25, -0.2) is 0 Å². The Balaban J connectivity index is 2.34. The Morgan fingerprint density at radius 3 is 2.18 bits per heavy atom. The van der Waals surface area contributed by atoms with Crippen molar-refractivity contribution in [1.29, 1.82) is 0 Å². The van der Waals surface area contributed by atoms with Crippen LogP contribution < -0.4 is 5.11 Å². The van der Waals surface area contributed by atoms with Crippen LogP contribution >= 0.6 is 15.9 Å². The Morgan fingerprint density at radius 2 is 1.59 bits per heavy atom. The number of rotatable bonds is 4. The molecule has 0 amide bonds. The molecular formula is C13H7BrN3O5-. The fourth-order valence-corrected chi connectivity index (χ4v) is 2.07. The Morgan fingerprint density at radius 1 is 1.00 bits per heavy atom. The molecule has 112 valence electrons. The number of non-ortho nitro benzene ring substituents is 2. The predicted octanol–water partition coefficient (Wildman–Crippen LogP) is 3.09. The normalized spacial score (nSPS) is 10.8. The summed E-state index contributed by atoms with van der Waals surface area (Å²) in [5.41, 5.74) is 0.0884. The Kier molecular flexibility index (Phi) is 4.47. The molecule has 2 aromatic carbocycles. The van der Waals surface area contributed by atoms with Crippen molar-refractivity contribution in [1.82, 2.24) is 0 Å². The average Bonchev–Trinajstić information content (AvgIpc) is 2.47. The molecule has 8 nitrogen and oxygen atoms in total. The number of benzene rings is 2. The van der Waals surface area contributed by atoms with E-state index < -0.39 is 15.6 Å². The van der Waals surface area contributed by atoms with Crippen molar-refractivity contribution < 1.29 is 15.0 Å². The molecule has 0 atom stereocenters. The van der Waals surface area contributed by atoms with Crippen molar-refractivity contribution in [3.63, 3.8) is 0 Å². The molecule has 0 saturated heterocycles. The van der Waals surface area contributed by atoms with E-state index in [1.54, 1.807) is 0 Å². The van der Waals surface area contributed by atoms with Crippen LogP contribution in [0.1, 0.15) is 5.56 Å². The van der Waals surface area contributed by atoms with Crippen LogP contribution in [0.4, 0.5) is 17.1 Å². The van der Waals surface area contributed by atoms with E-state index in [9.17, 15) is 25.3 Å². The smallest absolute Gasteiger partial charge is 0.270 e. The van der Waals surface area contributed by atoms with Crippen molar-refractivity contribution in [2.75, 3.05) is 0 Å². The molecule has 0 fully saturated rings. The van der Waals surface area contributed by atoms with Crippen molar-refractivity contribution in [3.8, 4) is 5.75 Å². The minimum Gasteiger partial charge on any atom is -0.872 e. The molecule has 22 heavy (non-hydrogen) atoms. The van der Waals surface area contributed by atoms with Gasteiger partial charge in [0, 0.05) is 35.0 Å². The van der Waals surface area contributed by atoms with E-state index in [1.807, 2.05) is 0 Å². The lowest BCUT2D eigenvalue weighted by Crippen LogP contribution is -1.98. The summed E-state index contributed by atoms with van der Waals surface area (Å²) in [5.74, 6) is -0.410. The van der Waals surface area contributed by atoms with Gasteiger partial charge in [0.2, 0.25) is 0 Å². The number of nitrogens with zero attached hydrogens (tertiary/aromatic N) is 3. The second kappa shape index (κ2) is 6.31. The van der Waals surface area contributed by atoms with Crippen molar-refractivity contribution in [3.05, 3.63) is 66.7 Å². The van der Waals surface area contributed by atoms with E-state index in [0.717, 1.165) is 18.2 Å². The highest BCUT2D eigenvalue weighted by Crippen LogP contribution is 2.29. The summed E-state index contributed by atoms with van der Waals surface area (Å²) in [6.45, 7) is 0. The average molecular weight is 365 g/mol. The molecule has 0 heterocycles. The van der Waals surface area contributed by atoms with Crippen LogP contribution in [0.15, 0.2) is 45.9 Å². The fraction of sp³-hybridized carbons (Fsp3) is 0. The standard InChI is InChI=1S/C13H8BrN3O5/c14-11-6-10(17(21)22)1-3-12(11)15-7-8-5-9(16(19)20)2-4-13(8)18/h1-7,18H/p-1. The molecule has 0 spiro atoms. The Labute approximate surface area is 132 Å². The van der Waals surface area contributed by atoms with Gasteiger partial charge in [-0.1, -0.05) is 11.8 Å². The molecule has 2 aromatic rings. The predicted molar refractivity (Wildman–Crippen MR) is 80.6 cm³/mol. The molecule has 9 heteroatoms. The van der Waals surface area contributed by atoms with E-state index in [0.29, 0.717) is 10.2 Å². The molecule has 2 rings (SSSR count). The Hall–Kier alpha value is -2.81. The summed E-state index contributed by atoms with van der Waals surface area (Å²) in [6, 6.07) is 7.26. The topological polar surface area (TPSA) is 122 Å². The number of halogens is 1. The van der Waals surface area contributed by atoms with E-state index in [4.69, 9.17) is 0 Å². The molecule has 0 N–H and O–H groups in total. The van der Waals surface area contributed by atoms with Gasteiger partial charge in [0.15, 0.2) is 0 Å². The quantitative estimate of drug-likeness (QED) is 0.468. The SMILES string of the molecule is O=[N+]([O-])c1ccc(N=Cc2cc([N+](=O)[O-])ccc2[O-])c(Br)c1. The van der Waals surface area contributed by atoms with Gasteiger partial charge in [-0.2, -0.15) is 0 Å². The Bertz CT molecular complexity index is 791. The zero-order chi connectivity index (χ0) is 16.3. The summed E-state index contributed by atoms with van der Waals surface area (Å²) in [4.78, 5) is 24.2. The minimum atomic E-state index is -0.613. The van der Waals surface area contributed by atoms with Crippen LogP contribution in [0.2, 0.25) is 0 Å². The molecular weight excluding hydrogens is 358 g/mol. The van der Waals surface area contributed by atoms with Gasteiger partial charge < -0.3 is 5.11 Å². The molecule has 0 radical (unpaired) electrons. The molecule has 0 saturated carbocycles. The molecule has 0 aromatic heterocycles. The molecule has 0 aliphatic rings. The number of nitro groups is 2. The molecule has 0 unspecified atom stereocenters. The van der Waals surface area contributed by atoms with E-state index >= 15 is 0 Å². The zero-order valence-electron chi connectivity index (χ0n) is 10.8. The zero-order valence-corrected chi connectivity index (χ0v) is 12.4. The van der Waals surface area contributed by atoms with Crippen LogP contribution in [0, 0.1) is 20.2 Å². The molecule has 0 bridgehead atoms. The first-order valence-electron chi connectivity index (χ1n) is 5.82. The van der Waals surface area contributed by atoms with Gasteiger partial charge in [0.25, 0.3) is 11.4 Å². The summed E-state index contributed by atoms with van der Waals surface area (Å²) in [6.07, 6.45) is 1.18. The van der Waals surface area contributed by atoms with E-state index in [1.165, 1.54) is 24.4 Å². The number of aliphatic imine (C=N–C) groups is 1. The first kappa shape index (κ1) is 15.6. The second-order valence-electron chi connectivity index (χ2n) is 4.13. The van der Waals surface area contributed by atoms with Crippen molar-refractivity contribution in [2.45, 2.75) is 0 Å². The lowest BCUT2D eigenvalue weighted by molar-refractivity contribution is -0.385. The van der Waals surface area contributed by atoms with Gasteiger partial charge >= 0.3 is 0 Å². The van der Waals surface area contributed by atoms with Crippen LogP contribution in [-0.4, -0.2) is 16.1 Å². The molecule has 0 aliphatic carbocycles. The highest BCUT2D eigenvalue weighted by atomic mass is 79.9. The monoisotopic (exact) mass is 364 g/mol. The van der Waals surface area contributed by atoms with Crippen LogP contribution in [0.25, 0.3) is 0 Å². The van der Waals surface area contributed by atoms with E-state index in [2.05, 4.69) is 20.9 Å². The number of hydrogen-bond donors (Lipinski definition) is 0. The van der Waals surface area contributed by atoms with Gasteiger partial charge in [-0.05, 0) is 27.6 Å². The minimum absolute atomic E-state index is 0.0550. The van der Waals surface area contributed by atoms with Gasteiger partial charge in [0.05, 0.1) is 15.5 Å². The van der Waals surface area contributed by atoms with Crippen molar-refractivity contribution >= 4 is 39.2 Å². The number of hydrogen-bond acceptors (Lipinski definition) is 6. The highest BCUT2D eigenvalue weighted by molar-refractivity contribution is 9.10. The van der Waals surface area contributed by atoms with Crippen molar-refractivity contribution in [2.24, 2.45) is 4.99 Å². The van der Waals surface area contributed by atoms with Crippen LogP contribution in [0.5, 0.6) is 5.75 Å². The lowest BCUT2D eigenvalue weighted by atomic mass is 10.2. The van der Waals surface area contributed by atoms with Gasteiger partial charge in [0.1, 0.15) is 0 Å². The second-order valence-corrected chi connectivity index (χ2v) is 4.98. The highest BCUT2D eigenvalue weighted by Gasteiger charge is 2.09. The maximum Gasteiger partial charge on any atom is 0.270 e. The van der Waals surface area contributed by atoms with E-state index in [-0.39, 0.29) is 16.9 Å². The first-order valence-corrected chi connectivity index (χ1v) is 6.61. The van der Waals surface area contributed by atoms with Crippen LogP contribution in [-0.2, 0) is 0 Å². The summed E-state index contributed by atoms with van der Waals surface area (Å²) in [7, 11) is 0. The summed E-state index contributed by atoms with van der Waals surface area (Å²) < 4.78 is 0.371. The van der Waals surface area contributed by atoms with Gasteiger partial charge in [-0.15, -0.1) is 0 Å². The van der Waals surface area contributed by atoms with Crippen LogP contribution in [0.3, 0.4) is 0 Å². The largest absolute Gasteiger partial charge is 0.872 e. The molecule has 0 aliphatic heterocycles. The third-order valence-electron chi connectivity index (χ3n) is 2.69. The maximum atomic E-state index is 11.6. The van der Waals surface area contributed by atoms with Gasteiger partial charge in [-0.3, -0.25) is 25.2 Å². The lowest BCUT2D eigenvalue weighted by Gasteiger charge is -2.08. The summed E-state index contributed by atoms with van der Waals surface area (Å²) in [5, 5.41) is 32.9. The third-order valence-corrected chi connectivity index (χ3v) is 3.32. The number of nitro benzene ring substituents is 2. The summed E-state index contributed by atoms with van der Waals surface area (Å²) >= 11 is 3.14.